The van der Waals surface area contributed by atoms with Gasteiger partial charge < -0.3 is 10.6 Å². The summed E-state index contributed by atoms with van der Waals surface area (Å²) in [7, 11) is 0. The van der Waals surface area contributed by atoms with Crippen molar-refractivity contribution in [1.82, 2.24) is 20.8 Å². The van der Waals surface area contributed by atoms with Gasteiger partial charge in [-0.05, 0) is 17.7 Å². The molecule has 0 atom stereocenters. The quantitative estimate of drug-likeness (QED) is 0.722. The smallest absolute Gasteiger partial charge is 0.272 e. The zero-order valence-electron chi connectivity index (χ0n) is 13.8. The number of carbonyl (C=O) groups is 1. The number of carbonyl (C=O) groups excluding carboxylic acids is 1. The van der Waals surface area contributed by atoms with Gasteiger partial charge in [0.2, 0.25) is 0 Å². The van der Waals surface area contributed by atoms with Gasteiger partial charge >= 0.3 is 0 Å². The van der Waals surface area contributed by atoms with Crippen LogP contribution in [0.4, 0.5) is 0 Å². The zero-order chi connectivity index (χ0) is 16.4. The van der Waals surface area contributed by atoms with E-state index >= 15 is 0 Å². The molecule has 24 heavy (non-hydrogen) atoms. The summed E-state index contributed by atoms with van der Waals surface area (Å²) in [6, 6.07) is 8.18. The number of halogens is 2. The number of aromatic nitrogens is 2. The molecule has 0 bridgehead atoms. The molecule has 0 spiro atoms. The number of nitrogens with one attached hydrogen (secondary N) is 3. The topological polar surface area (TPSA) is 69.8 Å². The maximum absolute atomic E-state index is 12.5. The van der Waals surface area contributed by atoms with E-state index in [1.807, 2.05) is 12.1 Å². The highest BCUT2D eigenvalue weighted by atomic mass is 79.9. The van der Waals surface area contributed by atoms with Crippen molar-refractivity contribution >= 4 is 34.2 Å². The number of rotatable bonds is 4. The summed E-state index contributed by atoms with van der Waals surface area (Å²) < 4.78 is 1.04. The normalized spacial score (nSPS) is 13.8. The summed E-state index contributed by atoms with van der Waals surface area (Å²) in [5.74, 6) is -0.116. The summed E-state index contributed by atoms with van der Waals surface area (Å²) in [4.78, 5) is 12.5. The Labute approximate surface area is 156 Å². The van der Waals surface area contributed by atoms with Crippen molar-refractivity contribution < 1.29 is 4.79 Å². The fourth-order valence-electron chi connectivity index (χ4n) is 2.81. The highest BCUT2D eigenvalue weighted by Crippen LogP contribution is 2.25. The molecule has 1 aromatic heterocycles. The van der Waals surface area contributed by atoms with Crippen LogP contribution in [-0.2, 0) is 18.4 Å². The standard InChI is InChI=1S/C17H21BrN4O.ClH/c1-17(2,11-4-3-5-12(18)8-11)10-20-16(23)15-13-9-19-7-6-14(13)21-22-15;/h3-5,8,19H,6-7,9-10H2,1-2H3,(H,20,23)(H,21,22);1H. The van der Waals surface area contributed by atoms with Crippen molar-refractivity contribution in [2.45, 2.75) is 32.2 Å². The average molecular weight is 414 g/mol. The molecule has 5 nitrogen and oxygen atoms in total. The minimum Gasteiger partial charge on any atom is -0.350 e. The van der Waals surface area contributed by atoms with Gasteiger partial charge in [-0.3, -0.25) is 9.89 Å². The van der Waals surface area contributed by atoms with Crippen LogP contribution in [0.1, 0.15) is 41.2 Å². The Balaban J connectivity index is 0.00000208. The van der Waals surface area contributed by atoms with E-state index in [2.05, 4.69) is 62.7 Å². The summed E-state index contributed by atoms with van der Waals surface area (Å²) >= 11 is 3.50. The Morgan fingerprint density at radius 3 is 2.96 bits per heavy atom. The number of aromatic amines is 1. The number of amides is 1. The minimum atomic E-state index is -0.159. The number of hydrogen-bond donors (Lipinski definition) is 3. The molecule has 2 heterocycles. The van der Waals surface area contributed by atoms with Gasteiger partial charge in [0.1, 0.15) is 0 Å². The lowest BCUT2D eigenvalue weighted by molar-refractivity contribution is 0.0939. The second-order valence-corrected chi connectivity index (χ2v) is 7.45. The Morgan fingerprint density at radius 2 is 2.21 bits per heavy atom. The van der Waals surface area contributed by atoms with Crippen molar-refractivity contribution in [1.29, 1.82) is 0 Å². The Hall–Kier alpha value is -1.37. The molecule has 0 saturated heterocycles. The molecule has 130 valence electrons. The largest absolute Gasteiger partial charge is 0.350 e. The van der Waals surface area contributed by atoms with Crippen LogP contribution in [-0.4, -0.2) is 29.2 Å². The molecule has 1 amide bonds. The fourth-order valence-corrected chi connectivity index (χ4v) is 3.21. The molecule has 3 rings (SSSR count). The van der Waals surface area contributed by atoms with Crippen LogP contribution in [0.15, 0.2) is 28.7 Å². The van der Waals surface area contributed by atoms with Crippen LogP contribution in [0, 0.1) is 0 Å². The van der Waals surface area contributed by atoms with Gasteiger partial charge in [0.05, 0.1) is 0 Å². The third-order valence-corrected chi connectivity index (χ3v) is 4.81. The number of hydrogen-bond acceptors (Lipinski definition) is 3. The molecule has 0 aliphatic carbocycles. The van der Waals surface area contributed by atoms with E-state index in [1.54, 1.807) is 0 Å². The molecule has 7 heteroatoms. The average Bonchev–Trinajstić information content (AvgIpc) is 2.97. The van der Waals surface area contributed by atoms with Crippen LogP contribution in [0.5, 0.6) is 0 Å². The van der Waals surface area contributed by atoms with E-state index in [4.69, 9.17) is 0 Å². The van der Waals surface area contributed by atoms with E-state index in [0.29, 0.717) is 18.8 Å². The molecular weight excluding hydrogens is 392 g/mol. The second-order valence-electron chi connectivity index (χ2n) is 6.53. The molecule has 1 aliphatic heterocycles. The van der Waals surface area contributed by atoms with E-state index < -0.39 is 0 Å². The van der Waals surface area contributed by atoms with Crippen molar-refractivity contribution in [3.8, 4) is 0 Å². The predicted molar refractivity (Wildman–Crippen MR) is 101 cm³/mol. The van der Waals surface area contributed by atoms with Crippen LogP contribution in [0.25, 0.3) is 0 Å². The molecule has 2 aromatic rings. The maximum atomic E-state index is 12.5. The number of benzene rings is 1. The van der Waals surface area contributed by atoms with Gasteiger partial charge in [-0.15, -0.1) is 12.4 Å². The molecule has 0 saturated carbocycles. The number of H-pyrrole nitrogens is 1. The summed E-state index contributed by atoms with van der Waals surface area (Å²) in [6.45, 7) is 6.42. The molecular formula is C17H22BrClN4O. The third-order valence-electron chi connectivity index (χ3n) is 4.32. The zero-order valence-corrected chi connectivity index (χ0v) is 16.2. The lowest BCUT2D eigenvalue weighted by atomic mass is 9.84. The van der Waals surface area contributed by atoms with Gasteiger partial charge in [-0.25, -0.2) is 0 Å². The number of fused-ring (bicyclic) bond motifs is 1. The van der Waals surface area contributed by atoms with E-state index in [0.717, 1.165) is 28.7 Å². The predicted octanol–water partition coefficient (Wildman–Crippen LogP) is 2.95. The van der Waals surface area contributed by atoms with Crippen molar-refractivity contribution in [2.24, 2.45) is 0 Å². The van der Waals surface area contributed by atoms with E-state index in [-0.39, 0.29) is 23.7 Å². The first-order valence-corrected chi connectivity index (χ1v) is 8.58. The Morgan fingerprint density at radius 1 is 1.42 bits per heavy atom. The van der Waals surface area contributed by atoms with Crippen LogP contribution < -0.4 is 10.6 Å². The number of nitrogens with zero attached hydrogens (tertiary/aromatic N) is 1. The summed E-state index contributed by atoms with van der Waals surface area (Å²) in [5.41, 5.74) is 3.60. The highest BCUT2D eigenvalue weighted by Gasteiger charge is 2.25. The first kappa shape index (κ1) is 19.0. The Kier molecular flexibility index (Phi) is 6.06. The molecule has 1 aliphatic rings. The van der Waals surface area contributed by atoms with Crippen LogP contribution in [0.3, 0.4) is 0 Å². The molecule has 3 N–H and O–H groups in total. The van der Waals surface area contributed by atoms with E-state index in [9.17, 15) is 4.79 Å². The second kappa shape index (κ2) is 7.68. The van der Waals surface area contributed by atoms with Gasteiger partial charge in [0, 0.05) is 47.2 Å². The summed E-state index contributed by atoms with van der Waals surface area (Å²) in [5, 5.41) is 13.5. The third kappa shape index (κ3) is 3.99. The van der Waals surface area contributed by atoms with Gasteiger partial charge in [0.25, 0.3) is 5.91 Å². The SMILES string of the molecule is CC(C)(CNC(=O)c1n[nH]c2c1CNCC2)c1cccc(Br)c1.Cl. The Bertz CT molecular complexity index is 729. The van der Waals surface area contributed by atoms with Gasteiger partial charge in [0.15, 0.2) is 5.69 Å². The van der Waals surface area contributed by atoms with Crippen LogP contribution in [0.2, 0.25) is 0 Å². The summed E-state index contributed by atoms with van der Waals surface area (Å²) in [6.07, 6.45) is 0.888. The minimum absolute atomic E-state index is 0. The fraction of sp³-hybridized carbons (Fsp3) is 0.412. The highest BCUT2D eigenvalue weighted by molar-refractivity contribution is 9.10. The maximum Gasteiger partial charge on any atom is 0.272 e. The van der Waals surface area contributed by atoms with E-state index in [1.165, 1.54) is 5.56 Å². The van der Waals surface area contributed by atoms with Crippen molar-refractivity contribution in [3.05, 3.63) is 51.3 Å². The van der Waals surface area contributed by atoms with Crippen LogP contribution >= 0.6 is 28.3 Å². The first-order chi connectivity index (χ1) is 11.0. The van der Waals surface area contributed by atoms with Crippen molar-refractivity contribution in [3.63, 3.8) is 0 Å². The lowest BCUT2D eigenvalue weighted by Gasteiger charge is -2.26. The molecule has 0 unspecified atom stereocenters. The first-order valence-electron chi connectivity index (χ1n) is 7.78. The molecule has 0 radical (unpaired) electrons. The monoisotopic (exact) mass is 412 g/mol. The van der Waals surface area contributed by atoms with Crippen molar-refractivity contribution in [2.75, 3.05) is 13.1 Å². The lowest BCUT2D eigenvalue weighted by Crippen LogP contribution is -2.37. The molecule has 0 fully saturated rings. The van der Waals surface area contributed by atoms with Gasteiger partial charge in [-0.2, -0.15) is 5.10 Å². The van der Waals surface area contributed by atoms with Gasteiger partial charge in [-0.1, -0.05) is 41.9 Å². The molecule has 1 aromatic carbocycles.